The fourth-order valence-corrected chi connectivity index (χ4v) is 3.10. The average molecular weight is 251 g/mol. The number of hydrogen-bond donors (Lipinski definition) is 2. The SMILES string of the molecule is CC[C@@H](O)CCNS(=O)(=O)C[C@H]1CCOC1. The van der Waals surface area contributed by atoms with Crippen LogP contribution in [0.3, 0.4) is 0 Å². The number of aliphatic hydroxyl groups excluding tert-OH is 1. The molecule has 16 heavy (non-hydrogen) atoms. The van der Waals surface area contributed by atoms with Crippen LogP contribution in [0.15, 0.2) is 0 Å². The van der Waals surface area contributed by atoms with Crippen LogP contribution in [0, 0.1) is 5.92 Å². The van der Waals surface area contributed by atoms with Crippen LogP contribution in [0.2, 0.25) is 0 Å². The Labute approximate surface area is 97.2 Å². The minimum Gasteiger partial charge on any atom is -0.393 e. The number of hydrogen-bond acceptors (Lipinski definition) is 4. The van der Waals surface area contributed by atoms with Crippen molar-refractivity contribution in [3.05, 3.63) is 0 Å². The molecule has 6 heteroatoms. The van der Waals surface area contributed by atoms with E-state index in [2.05, 4.69) is 4.72 Å². The van der Waals surface area contributed by atoms with E-state index in [0.29, 0.717) is 32.6 Å². The first-order chi connectivity index (χ1) is 7.53. The highest BCUT2D eigenvalue weighted by Gasteiger charge is 2.22. The molecule has 0 saturated carbocycles. The molecule has 0 aliphatic carbocycles. The molecule has 0 spiro atoms. The average Bonchev–Trinajstić information content (AvgIpc) is 2.69. The van der Waals surface area contributed by atoms with Crippen molar-refractivity contribution in [3.8, 4) is 0 Å². The second-order valence-electron chi connectivity index (χ2n) is 4.26. The van der Waals surface area contributed by atoms with Gasteiger partial charge in [-0.2, -0.15) is 0 Å². The van der Waals surface area contributed by atoms with Gasteiger partial charge >= 0.3 is 0 Å². The van der Waals surface area contributed by atoms with Crippen molar-refractivity contribution in [1.82, 2.24) is 4.72 Å². The fourth-order valence-electron chi connectivity index (χ4n) is 1.67. The van der Waals surface area contributed by atoms with E-state index in [1.165, 1.54) is 0 Å². The summed E-state index contributed by atoms with van der Waals surface area (Å²) in [5, 5.41) is 9.28. The topological polar surface area (TPSA) is 75.6 Å². The summed E-state index contributed by atoms with van der Waals surface area (Å²) < 4.78 is 30.9. The smallest absolute Gasteiger partial charge is 0.211 e. The second kappa shape index (κ2) is 6.54. The van der Waals surface area contributed by atoms with Gasteiger partial charge in [0, 0.05) is 13.2 Å². The zero-order valence-corrected chi connectivity index (χ0v) is 10.5. The largest absolute Gasteiger partial charge is 0.393 e. The van der Waals surface area contributed by atoms with Gasteiger partial charge in [-0.05, 0) is 25.2 Å². The number of sulfonamides is 1. The maximum atomic E-state index is 11.6. The van der Waals surface area contributed by atoms with Crippen LogP contribution in [-0.2, 0) is 14.8 Å². The van der Waals surface area contributed by atoms with E-state index in [-0.39, 0.29) is 11.7 Å². The van der Waals surface area contributed by atoms with Crippen LogP contribution >= 0.6 is 0 Å². The summed E-state index contributed by atoms with van der Waals surface area (Å²) >= 11 is 0. The Hall–Kier alpha value is -0.170. The molecule has 2 N–H and O–H groups in total. The van der Waals surface area contributed by atoms with E-state index in [0.717, 1.165) is 6.42 Å². The van der Waals surface area contributed by atoms with Crippen LogP contribution in [0.5, 0.6) is 0 Å². The molecule has 1 aliphatic rings. The van der Waals surface area contributed by atoms with Gasteiger partial charge in [0.25, 0.3) is 0 Å². The molecule has 0 amide bonds. The molecule has 0 unspecified atom stereocenters. The van der Waals surface area contributed by atoms with E-state index >= 15 is 0 Å². The Bertz CT molecular complexity index is 285. The predicted octanol–water partition coefficient (Wildman–Crippen LogP) is 0.103. The first-order valence-electron chi connectivity index (χ1n) is 5.76. The number of rotatable bonds is 7. The summed E-state index contributed by atoms with van der Waals surface area (Å²) in [7, 11) is -3.21. The molecule has 0 radical (unpaired) electrons. The third-order valence-corrected chi connectivity index (χ3v) is 4.30. The first-order valence-corrected chi connectivity index (χ1v) is 7.42. The van der Waals surface area contributed by atoms with Gasteiger partial charge in [0.1, 0.15) is 0 Å². The van der Waals surface area contributed by atoms with Gasteiger partial charge in [-0.1, -0.05) is 6.92 Å². The van der Waals surface area contributed by atoms with Crippen molar-refractivity contribution in [2.24, 2.45) is 5.92 Å². The maximum Gasteiger partial charge on any atom is 0.211 e. The van der Waals surface area contributed by atoms with E-state index in [1.54, 1.807) is 0 Å². The van der Waals surface area contributed by atoms with Gasteiger partial charge in [0.05, 0.1) is 18.5 Å². The Balaban J connectivity index is 2.23. The van der Waals surface area contributed by atoms with Crippen LogP contribution in [0.4, 0.5) is 0 Å². The van der Waals surface area contributed by atoms with Crippen molar-refractivity contribution < 1.29 is 18.3 Å². The third kappa shape index (κ3) is 5.25. The maximum absolute atomic E-state index is 11.6. The minimum atomic E-state index is -3.21. The molecule has 0 aromatic heterocycles. The van der Waals surface area contributed by atoms with Gasteiger partial charge in [0.15, 0.2) is 0 Å². The lowest BCUT2D eigenvalue weighted by molar-refractivity contribution is 0.162. The quantitative estimate of drug-likeness (QED) is 0.673. The Morgan fingerprint density at radius 2 is 2.31 bits per heavy atom. The van der Waals surface area contributed by atoms with E-state index in [9.17, 15) is 13.5 Å². The third-order valence-electron chi connectivity index (χ3n) is 2.75. The molecular formula is C10H21NO4S. The highest BCUT2D eigenvalue weighted by atomic mass is 32.2. The van der Waals surface area contributed by atoms with E-state index in [1.807, 2.05) is 6.92 Å². The van der Waals surface area contributed by atoms with Crippen LogP contribution < -0.4 is 4.72 Å². The summed E-state index contributed by atoms with van der Waals surface area (Å²) in [4.78, 5) is 0. The first kappa shape index (κ1) is 13.9. The summed E-state index contributed by atoms with van der Waals surface area (Å²) in [6.45, 7) is 3.38. The number of ether oxygens (including phenoxy) is 1. The Kier molecular flexibility index (Phi) is 5.68. The molecule has 2 atom stereocenters. The minimum absolute atomic E-state index is 0.119. The van der Waals surface area contributed by atoms with Gasteiger partial charge in [0.2, 0.25) is 10.0 Å². The molecule has 1 fully saturated rings. The lowest BCUT2D eigenvalue weighted by Crippen LogP contribution is -2.32. The van der Waals surface area contributed by atoms with Gasteiger partial charge in [-0.3, -0.25) is 0 Å². The molecular weight excluding hydrogens is 230 g/mol. The number of nitrogens with one attached hydrogen (secondary N) is 1. The second-order valence-corrected chi connectivity index (χ2v) is 6.11. The standard InChI is InChI=1S/C10H21NO4S/c1-2-10(12)3-5-11-16(13,14)8-9-4-6-15-7-9/h9-12H,2-8H2,1H3/t9-,10+/m0/s1. The Morgan fingerprint density at radius 1 is 1.56 bits per heavy atom. The van der Waals surface area contributed by atoms with Gasteiger partial charge < -0.3 is 9.84 Å². The molecule has 0 aromatic carbocycles. The summed E-state index contributed by atoms with van der Waals surface area (Å²) in [6.07, 6.45) is 1.52. The molecule has 96 valence electrons. The monoisotopic (exact) mass is 251 g/mol. The molecule has 1 aliphatic heterocycles. The van der Waals surface area contributed by atoms with Crippen LogP contribution in [0.25, 0.3) is 0 Å². The zero-order chi connectivity index (χ0) is 12.0. The molecule has 5 nitrogen and oxygen atoms in total. The lowest BCUT2D eigenvalue weighted by atomic mass is 10.2. The van der Waals surface area contributed by atoms with Crippen molar-refractivity contribution in [2.45, 2.75) is 32.3 Å². The van der Waals surface area contributed by atoms with Crippen LogP contribution in [-0.4, -0.2) is 45.1 Å². The highest BCUT2D eigenvalue weighted by Crippen LogP contribution is 2.13. The summed E-state index contributed by atoms with van der Waals surface area (Å²) in [5.41, 5.74) is 0. The van der Waals surface area contributed by atoms with Crippen LogP contribution in [0.1, 0.15) is 26.2 Å². The number of aliphatic hydroxyl groups is 1. The lowest BCUT2D eigenvalue weighted by Gasteiger charge is -2.11. The normalized spacial score (nSPS) is 23.5. The zero-order valence-electron chi connectivity index (χ0n) is 9.68. The molecule has 0 aromatic rings. The summed E-state index contributed by atoms with van der Waals surface area (Å²) in [5.74, 6) is 0.253. The van der Waals surface area contributed by atoms with Crippen molar-refractivity contribution in [2.75, 3.05) is 25.5 Å². The van der Waals surface area contributed by atoms with Crippen molar-refractivity contribution in [3.63, 3.8) is 0 Å². The van der Waals surface area contributed by atoms with Crippen molar-refractivity contribution in [1.29, 1.82) is 0 Å². The fraction of sp³-hybridized carbons (Fsp3) is 1.00. The molecule has 1 saturated heterocycles. The molecule has 1 rings (SSSR count). The van der Waals surface area contributed by atoms with Crippen molar-refractivity contribution >= 4 is 10.0 Å². The summed E-state index contributed by atoms with van der Waals surface area (Å²) in [6, 6.07) is 0. The highest BCUT2D eigenvalue weighted by molar-refractivity contribution is 7.89. The van der Waals surface area contributed by atoms with Gasteiger partial charge in [-0.15, -0.1) is 0 Å². The Morgan fingerprint density at radius 3 is 2.88 bits per heavy atom. The van der Waals surface area contributed by atoms with E-state index < -0.39 is 16.1 Å². The van der Waals surface area contributed by atoms with Gasteiger partial charge in [-0.25, -0.2) is 13.1 Å². The molecule has 0 bridgehead atoms. The van der Waals surface area contributed by atoms with E-state index in [4.69, 9.17) is 4.74 Å². The predicted molar refractivity (Wildman–Crippen MR) is 61.6 cm³/mol. The molecule has 1 heterocycles.